The van der Waals surface area contributed by atoms with E-state index in [2.05, 4.69) is 10.2 Å². The first-order chi connectivity index (χ1) is 14.9. The van der Waals surface area contributed by atoms with Gasteiger partial charge in [-0.25, -0.2) is 0 Å². The van der Waals surface area contributed by atoms with E-state index in [1.54, 1.807) is 12.0 Å². The van der Waals surface area contributed by atoms with Crippen LogP contribution in [0.2, 0.25) is 0 Å². The van der Waals surface area contributed by atoms with E-state index >= 15 is 0 Å². The van der Waals surface area contributed by atoms with E-state index in [0.29, 0.717) is 25.3 Å². The molecule has 7 heteroatoms. The molecule has 0 bridgehead atoms. The minimum Gasteiger partial charge on any atom is -0.497 e. The van der Waals surface area contributed by atoms with Crippen LogP contribution in [-0.2, 0) is 9.59 Å². The molecule has 0 fully saturated rings. The van der Waals surface area contributed by atoms with Crippen molar-refractivity contribution in [3.8, 4) is 11.5 Å². The fourth-order valence-corrected chi connectivity index (χ4v) is 3.70. The molecule has 7 nitrogen and oxygen atoms in total. The second-order valence-electron chi connectivity index (χ2n) is 7.78. The average Bonchev–Trinajstić information content (AvgIpc) is 2.78. The van der Waals surface area contributed by atoms with Gasteiger partial charge in [0.2, 0.25) is 5.91 Å². The summed E-state index contributed by atoms with van der Waals surface area (Å²) in [6.45, 7) is 2.71. The second kappa shape index (κ2) is 10.3. The molecule has 166 valence electrons. The number of rotatable bonds is 9. The van der Waals surface area contributed by atoms with Crippen molar-refractivity contribution in [2.24, 2.45) is 0 Å². The number of likely N-dealkylation sites (N-methyl/N-ethyl adjacent to an activating group) is 1. The molecule has 3 rings (SSSR count). The van der Waals surface area contributed by atoms with Gasteiger partial charge in [-0.2, -0.15) is 0 Å². The lowest BCUT2D eigenvalue weighted by atomic mass is 10.1. The first-order valence-corrected chi connectivity index (χ1v) is 10.6. The summed E-state index contributed by atoms with van der Waals surface area (Å²) >= 11 is 0. The zero-order valence-corrected chi connectivity index (χ0v) is 18.6. The maximum atomic E-state index is 12.8. The molecule has 0 saturated heterocycles. The summed E-state index contributed by atoms with van der Waals surface area (Å²) < 4.78 is 11.0. The van der Waals surface area contributed by atoms with E-state index in [-0.39, 0.29) is 24.3 Å². The Morgan fingerprint density at radius 1 is 1.19 bits per heavy atom. The van der Waals surface area contributed by atoms with Gasteiger partial charge in [-0.05, 0) is 50.3 Å². The van der Waals surface area contributed by atoms with E-state index in [4.69, 9.17) is 9.47 Å². The van der Waals surface area contributed by atoms with Crippen molar-refractivity contribution in [2.45, 2.75) is 31.9 Å². The number of nitrogens with zero attached hydrogens (tertiary/aromatic N) is 2. The van der Waals surface area contributed by atoms with Crippen molar-refractivity contribution in [3.05, 3.63) is 54.1 Å². The van der Waals surface area contributed by atoms with Crippen LogP contribution in [0.5, 0.6) is 11.5 Å². The second-order valence-corrected chi connectivity index (χ2v) is 7.78. The van der Waals surface area contributed by atoms with Gasteiger partial charge in [-0.15, -0.1) is 0 Å². The van der Waals surface area contributed by atoms with Gasteiger partial charge in [0.1, 0.15) is 11.5 Å². The average molecular weight is 426 g/mol. The zero-order valence-electron chi connectivity index (χ0n) is 18.6. The molecule has 0 aliphatic carbocycles. The normalized spacial score (nSPS) is 16.5. The highest BCUT2D eigenvalue weighted by molar-refractivity contribution is 6.00. The van der Waals surface area contributed by atoms with E-state index in [1.165, 1.54) is 0 Å². The van der Waals surface area contributed by atoms with Gasteiger partial charge in [0.25, 0.3) is 5.91 Å². The molecule has 2 atom stereocenters. The summed E-state index contributed by atoms with van der Waals surface area (Å²) in [6.07, 6.45) is 0.299. The van der Waals surface area contributed by atoms with Crippen LogP contribution in [-0.4, -0.2) is 57.1 Å². The van der Waals surface area contributed by atoms with E-state index in [9.17, 15) is 9.59 Å². The van der Waals surface area contributed by atoms with Gasteiger partial charge in [-0.1, -0.05) is 31.2 Å². The monoisotopic (exact) mass is 425 g/mol. The SMILES string of the molecule is CCC1Oc2ccccc2N(CCC(=O)NCC(c2ccc(OC)cc2)N(C)C)C1=O. The molecule has 1 aliphatic heterocycles. The quantitative estimate of drug-likeness (QED) is 0.669. The van der Waals surface area contributed by atoms with Crippen LogP contribution in [0.3, 0.4) is 0 Å². The molecule has 1 heterocycles. The van der Waals surface area contributed by atoms with Gasteiger partial charge < -0.3 is 24.6 Å². The van der Waals surface area contributed by atoms with Gasteiger partial charge in [0.05, 0.1) is 18.8 Å². The van der Waals surface area contributed by atoms with Crippen LogP contribution in [0, 0.1) is 0 Å². The number of fused-ring (bicyclic) bond motifs is 1. The molecule has 2 aromatic rings. The maximum Gasteiger partial charge on any atom is 0.268 e. The minimum atomic E-state index is -0.508. The largest absolute Gasteiger partial charge is 0.497 e. The molecule has 1 aliphatic rings. The molecular weight excluding hydrogens is 394 g/mol. The van der Waals surface area contributed by atoms with Crippen LogP contribution in [0.1, 0.15) is 31.4 Å². The van der Waals surface area contributed by atoms with E-state index in [0.717, 1.165) is 17.0 Å². The summed E-state index contributed by atoms with van der Waals surface area (Å²) in [7, 11) is 5.60. The molecule has 0 saturated carbocycles. The number of carbonyl (C=O) groups is 2. The highest BCUT2D eigenvalue weighted by atomic mass is 16.5. The smallest absolute Gasteiger partial charge is 0.268 e. The number of hydrogen-bond donors (Lipinski definition) is 1. The van der Waals surface area contributed by atoms with E-state index in [1.807, 2.05) is 69.6 Å². The van der Waals surface area contributed by atoms with Crippen molar-refractivity contribution in [1.82, 2.24) is 10.2 Å². The summed E-state index contributed by atoms with van der Waals surface area (Å²) in [5.74, 6) is 1.29. The molecular formula is C24H31N3O4. The molecule has 2 aromatic carbocycles. The van der Waals surface area contributed by atoms with Gasteiger partial charge in [-0.3, -0.25) is 9.59 Å². The fourth-order valence-electron chi connectivity index (χ4n) is 3.70. The molecule has 2 amide bonds. The van der Waals surface area contributed by atoms with Crippen molar-refractivity contribution in [1.29, 1.82) is 0 Å². The number of benzene rings is 2. The lowest BCUT2D eigenvalue weighted by Crippen LogP contribution is -2.47. The van der Waals surface area contributed by atoms with Gasteiger partial charge in [0, 0.05) is 19.5 Å². The van der Waals surface area contributed by atoms with Crippen molar-refractivity contribution in [2.75, 3.05) is 39.2 Å². The van der Waals surface area contributed by atoms with Crippen LogP contribution < -0.4 is 19.7 Å². The van der Waals surface area contributed by atoms with Crippen LogP contribution in [0.15, 0.2) is 48.5 Å². The van der Waals surface area contributed by atoms with E-state index < -0.39 is 6.10 Å². The summed E-state index contributed by atoms with van der Waals surface area (Å²) in [4.78, 5) is 29.1. The Morgan fingerprint density at radius 2 is 1.90 bits per heavy atom. The third kappa shape index (κ3) is 5.35. The number of methoxy groups -OCH3 is 1. The van der Waals surface area contributed by atoms with Gasteiger partial charge in [0.15, 0.2) is 6.10 Å². The van der Waals surface area contributed by atoms with Crippen molar-refractivity contribution < 1.29 is 19.1 Å². The fraction of sp³-hybridized carbons (Fsp3) is 0.417. The lowest BCUT2D eigenvalue weighted by Gasteiger charge is -2.34. The predicted molar refractivity (Wildman–Crippen MR) is 121 cm³/mol. The third-order valence-electron chi connectivity index (χ3n) is 5.52. The Bertz CT molecular complexity index is 898. The third-order valence-corrected chi connectivity index (χ3v) is 5.52. The Hall–Kier alpha value is -3.06. The molecule has 0 radical (unpaired) electrons. The summed E-state index contributed by atoms with van der Waals surface area (Å²) in [6, 6.07) is 15.3. The van der Waals surface area contributed by atoms with Crippen LogP contribution >= 0.6 is 0 Å². The van der Waals surface area contributed by atoms with Crippen LogP contribution in [0.25, 0.3) is 0 Å². The predicted octanol–water partition coefficient (Wildman–Crippen LogP) is 3.01. The number of amides is 2. The Morgan fingerprint density at radius 3 is 2.55 bits per heavy atom. The minimum absolute atomic E-state index is 0.0325. The highest BCUT2D eigenvalue weighted by Crippen LogP contribution is 2.34. The maximum absolute atomic E-state index is 12.8. The Balaban J connectivity index is 1.60. The number of nitrogens with one attached hydrogen (secondary N) is 1. The Kier molecular flexibility index (Phi) is 7.52. The molecule has 1 N–H and O–H groups in total. The number of para-hydroxylation sites is 2. The summed E-state index contributed by atoms with van der Waals surface area (Å²) in [5, 5.41) is 3.01. The van der Waals surface area contributed by atoms with Gasteiger partial charge >= 0.3 is 0 Å². The first kappa shape index (κ1) is 22.6. The zero-order chi connectivity index (χ0) is 22.4. The number of ether oxygens (including phenoxy) is 2. The number of carbonyl (C=O) groups excluding carboxylic acids is 2. The lowest BCUT2D eigenvalue weighted by molar-refractivity contribution is -0.126. The standard InChI is InChI=1S/C24H31N3O4/c1-5-21-24(29)27(19-8-6-7-9-22(19)31-21)15-14-23(28)25-16-20(26(2)3)17-10-12-18(30-4)13-11-17/h6-13,20-21H,5,14-16H2,1-4H3,(H,25,28). The van der Waals surface area contributed by atoms with Crippen molar-refractivity contribution >= 4 is 17.5 Å². The topological polar surface area (TPSA) is 71.1 Å². The molecule has 2 unspecified atom stereocenters. The highest BCUT2D eigenvalue weighted by Gasteiger charge is 2.33. The van der Waals surface area contributed by atoms with Crippen LogP contribution in [0.4, 0.5) is 5.69 Å². The number of anilines is 1. The first-order valence-electron chi connectivity index (χ1n) is 10.6. The summed E-state index contributed by atoms with van der Waals surface area (Å²) in [5.41, 5.74) is 1.81. The molecule has 0 spiro atoms. The molecule has 31 heavy (non-hydrogen) atoms. The Labute approximate surface area is 183 Å². The number of hydrogen-bond acceptors (Lipinski definition) is 5. The molecule has 0 aromatic heterocycles. The van der Waals surface area contributed by atoms with Crippen molar-refractivity contribution in [3.63, 3.8) is 0 Å².